The normalized spacial score (nSPS) is 31.9. The summed E-state index contributed by atoms with van der Waals surface area (Å²) < 4.78 is 14.0. The number of hydrogen-bond donors (Lipinski definition) is 0. The van der Waals surface area contributed by atoms with Gasteiger partial charge in [0.15, 0.2) is 0 Å². The van der Waals surface area contributed by atoms with Gasteiger partial charge in [-0.1, -0.05) is 25.1 Å². The van der Waals surface area contributed by atoms with Crippen LogP contribution >= 0.6 is 0 Å². The zero-order chi connectivity index (χ0) is 17.6. The summed E-state index contributed by atoms with van der Waals surface area (Å²) in [7, 11) is 0. The van der Waals surface area contributed by atoms with E-state index in [1.807, 2.05) is 24.0 Å². The van der Waals surface area contributed by atoms with Crippen molar-refractivity contribution >= 4 is 11.7 Å². The molecule has 0 radical (unpaired) electrons. The molecule has 0 aromatic heterocycles. The highest BCUT2D eigenvalue weighted by atomic mass is 19.1. The molecule has 3 atom stereocenters. The summed E-state index contributed by atoms with van der Waals surface area (Å²) in [6.45, 7) is 7.18. The van der Waals surface area contributed by atoms with Crippen LogP contribution in [0.1, 0.15) is 38.7 Å². The minimum Gasteiger partial charge on any atom is -0.299 e. The summed E-state index contributed by atoms with van der Waals surface area (Å²) in [4.78, 5) is 22.3. The minimum absolute atomic E-state index is 0.144. The SMILES string of the molecule is CCC1=N[C@]2(CC[C@H]3CN(Cc4ccccc4F)C[C@H]32)C(=O)N1CC. The lowest BCUT2D eigenvalue weighted by atomic mass is 9.85. The third-order valence-electron chi connectivity index (χ3n) is 6.27. The number of amides is 1. The molecule has 1 aromatic carbocycles. The number of benzene rings is 1. The van der Waals surface area contributed by atoms with Gasteiger partial charge in [-0.2, -0.15) is 0 Å². The molecule has 25 heavy (non-hydrogen) atoms. The highest BCUT2D eigenvalue weighted by molar-refractivity contribution is 6.08. The summed E-state index contributed by atoms with van der Waals surface area (Å²) in [6, 6.07) is 6.98. The zero-order valence-corrected chi connectivity index (χ0v) is 15.0. The van der Waals surface area contributed by atoms with Gasteiger partial charge in [0.1, 0.15) is 17.2 Å². The molecule has 4 nitrogen and oxygen atoms in total. The van der Waals surface area contributed by atoms with Crippen molar-refractivity contribution in [3.8, 4) is 0 Å². The van der Waals surface area contributed by atoms with Crippen molar-refractivity contribution in [1.29, 1.82) is 0 Å². The van der Waals surface area contributed by atoms with Crippen molar-refractivity contribution in [2.24, 2.45) is 16.8 Å². The van der Waals surface area contributed by atoms with Gasteiger partial charge in [-0.3, -0.25) is 19.6 Å². The number of carbonyl (C=O) groups excluding carboxylic acids is 1. The first kappa shape index (κ1) is 16.7. The van der Waals surface area contributed by atoms with Gasteiger partial charge in [0, 0.05) is 44.1 Å². The molecule has 2 fully saturated rings. The minimum atomic E-state index is -0.546. The van der Waals surface area contributed by atoms with Crippen LogP contribution in [0.15, 0.2) is 29.3 Å². The van der Waals surface area contributed by atoms with Gasteiger partial charge in [0.25, 0.3) is 5.91 Å². The number of hydrogen-bond acceptors (Lipinski definition) is 3. The summed E-state index contributed by atoms with van der Waals surface area (Å²) in [6.07, 6.45) is 2.72. The molecule has 2 heterocycles. The Morgan fingerprint density at radius 2 is 2.08 bits per heavy atom. The standard InChI is InChI=1S/C20H26FN3O/c1-3-18-22-20(19(25)24(18)4-2)10-9-14-11-23(13-16(14)20)12-15-7-5-6-8-17(15)21/h5-8,14,16H,3-4,9-13H2,1-2H3/t14-,16+,20-/m0/s1. The molecule has 1 aliphatic carbocycles. The fourth-order valence-electron chi connectivity index (χ4n) is 5.07. The van der Waals surface area contributed by atoms with Gasteiger partial charge in [0.05, 0.1) is 0 Å². The van der Waals surface area contributed by atoms with Crippen molar-refractivity contribution < 1.29 is 9.18 Å². The van der Waals surface area contributed by atoms with Crippen LogP contribution in [0.2, 0.25) is 0 Å². The molecule has 134 valence electrons. The van der Waals surface area contributed by atoms with E-state index in [4.69, 9.17) is 4.99 Å². The third-order valence-corrected chi connectivity index (χ3v) is 6.27. The molecule has 1 spiro atoms. The van der Waals surface area contributed by atoms with Gasteiger partial charge in [-0.15, -0.1) is 0 Å². The van der Waals surface area contributed by atoms with E-state index in [9.17, 15) is 9.18 Å². The number of amidine groups is 1. The van der Waals surface area contributed by atoms with E-state index in [1.54, 1.807) is 6.07 Å². The Bertz CT molecular complexity index is 719. The van der Waals surface area contributed by atoms with E-state index >= 15 is 0 Å². The topological polar surface area (TPSA) is 35.9 Å². The zero-order valence-electron chi connectivity index (χ0n) is 15.0. The number of fused-ring (bicyclic) bond motifs is 2. The fraction of sp³-hybridized carbons (Fsp3) is 0.600. The van der Waals surface area contributed by atoms with Crippen LogP contribution in [0.25, 0.3) is 0 Å². The average molecular weight is 343 g/mol. The van der Waals surface area contributed by atoms with E-state index in [0.29, 0.717) is 19.0 Å². The smallest absolute Gasteiger partial charge is 0.256 e. The number of rotatable bonds is 4. The lowest BCUT2D eigenvalue weighted by Crippen LogP contribution is -2.46. The van der Waals surface area contributed by atoms with Crippen molar-refractivity contribution in [2.75, 3.05) is 19.6 Å². The van der Waals surface area contributed by atoms with Gasteiger partial charge in [0.2, 0.25) is 0 Å². The average Bonchev–Trinajstić information content (AvgIpc) is 3.24. The van der Waals surface area contributed by atoms with Crippen molar-refractivity contribution in [3.63, 3.8) is 0 Å². The first-order chi connectivity index (χ1) is 12.1. The molecule has 0 bridgehead atoms. The molecule has 1 saturated carbocycles. The Hall–Kier alpha value is -1.75. The predicted octanol–water partition coefficient (Wildman–Crippen LogP) is 3.08. The van der Waals surface area contributed by atoms with Gasteiger partial charge in [-0.25, -0.2) is 4.39 Å². The lowest BCUT2D eigenvalue weighted by Gasteiger charge is -2.28. The van der Waals surface area contributed by atoms with E-state index in [1.165, 1.54) is 6.07 Å². The summed E-state index contributed by atoms with van der Waals surface area (Å²) in [5.74, 6) is 1.77. The quantitative estimate of drug-likeness (QED) is 0.842. The number of halogens is 1. The molecule has 1 saturated heterocycles. The van der Waals surface area contributed by atoms with Crippen molar-refractivity contribution in [1.82, 2.24) is 9.80 Å². The second-order valence-electron chi connectivity index (χ2n) is 7.55. The number of likely N-dealkylation sites (N-methyl/N-ethyl adjacent to an activating group) is 1. The molecule has 1 aromatic rings. The maximum atomic E-state index is 14.0. The van der Waals surface area contributed by atoms with E-state index in [0.717, 1.165) is 43.8 Å². The predicted molar refractivity (Wildman–Crippen MR) is 95.7 cm³/mol. The Morgan fingerprint density at radius 3 is 2.76 bits per heavy atom. The number of nitrogens with zero attached hydrogens (tertiary/aromatic N) is 3. The van der Waals surface area contributed by atoms with Crippen LogP contribution in [0.5, 0.6) is 0 Å². The van der Waals surface area contributed by atoms with Crippen molar-refractivity contribution in [2.45, 2.75) is 45.2 Å². The lowest BCUT2D eigenvalue weighted by molar-refractivity contribution is -0.132. The number of likely N-dealkylation sites (tertiary alicyclic amines) is 1. The first-order valence-corrected chi connectivity index (χ1v) is 9.45. The Labute approximate surface area is 148 Å². The molecule has 1 amide bonds. The van der Waals surface area contributed by atoms with Crippen LogP contribution in [0, 0.1) is 17.7 Å². The van der Waals surface area contributed by atoms with Crippen LogP contribution in [-0.2, 0) is 11.3 Å². The highest BCUT2D eigenvalue weighted by Gasteiger charge is 2.60. The first-order valence-electron chi connectivity index (χ1n) is 9.45. The second kappa shape index (κ2) is 6.20. The van der Waals surface area contributed by atoms with Gasteiger partial charge in [-0.05, 0) is 31.7 Å². The Morgan fingerprint density at radius 1 is 1.28 bits per heavy atom. The van der Waals surface area contributed by atoms with E-state index < -0.39 is 5.54 Å². The van der Waals surface area contributed by atoms with Gasteiger partial charge >= 0.3 is 0 Å². The van der Waals surface area contributed by atoms with Crippen LogP contribution in [-0.4, -0.2) is 46.7 Å². The fourth-order valence-corrected chi connectivity index (χ4v) is 5.07. The summed E-state index contributed by atoms with van der Waals surface area (Å²) in [5, 5.41) is 0. The monoisotopic (exact) mass is 343 g/mol. The summed E-state index contributed by atoms with van der Waals surface area (Å²) in [5.41, 5.74) is 0.193. The second-order valence-corrected chi connectivity index (χ2v) is 7.55. The van der Waals surface area contributed by atoms with Crippen LogP contribution in [0.4, 0.5) is 4.39 Å². The van der Waals surface area contributed by atoms with Crippen LogP contribution in [0.3, 0.4) is 0 Å². The number of aliphatic imine (C=N–C) groups is 1. The summed E-state index contributed by atoms with van der Waals surface area (Å²) >= 11 is 0. The molecule has 3 aliphatic rings. The molecule has 4 rings (SSSR count). The highest BCUT2D eigenvalue weighted by Crippen LogP contribution is 2.50. The Balaban J connectivity index is 1.55. The van der Waals surface area contributed by atoms with Crippen LogP contribution < -0.4 is 0 Å². The number of carbonyl (C=O) groups is 1. The molecule has 2 aliphatic heterocycles. The van der Waals surface area contributed by atoms with E-state index in [2.05, 4.69) is 11.8 Å². The Kier molecular flexibility index (Phi) is 4.14. The molecule has 0 unspecified atom stereocenters. The third kappa shape index (κ3) is 2.51. The van der Waals surface area contributed by atoms with Crippen molar-refractivity contribution in [3.05, 3.63) is 35.6 Å². The van der Waals surface area contributed by atoms with E-state index in [-0.39, 0.29) is 17.6 Å². The maximum absolute atomic E-state index is 14.0. The molecule has 0 N–H and O–H groups in total. The maximum Gasteiger partial charge on any atom is 0.256 e. The van der Waals surface area contributed by atoms with Gasteiger partial charge < -0.3 is 0 Å². The molecule has 5 heteroatoms. The molecular weight excluding hydrogens is 317 g/mol. The largest absolute Gasteiger partial charge is 0.299 e. The molecular formula is C20H26FN3O.